The van der Waals surface area contributed by atoms with Crippen molar-refractivity contribution in [1.29, 1.82) is 5.26 Å². The third-order valence-electron chi connectivity index (χ3n) is 6.30. The molecule has 1 saturated heterocycles. The van der Waals surface area contributed by atoms with Crippen LogP contribution in [-0.4, -0.2) is 62.2 Å². The van der Waals surface area contributed by atoms with Crippen LogP contribution in [0.2, 0.25) is 0 Å². The van der Waals surface area contributed by atoms with E-state index in [0.29, 0.717) is 29.2 Å². The van der Waals surface area contributed by atoms with Crippen molar-refractivity contribution in [2.24, 2.45) is 0 Å². The van der Waals surface area contributed by atoms with Gasteiger partial charge in [0.15, 0.2) is 0 Å². The van der Waals surface area contributed by atoms with Crippen LogP contribution in [0.15, 0.2) is 36.7 Å². The Morgan fingerprint density at radius 2 is 2.17 bits per heavy atom. The molecule has 4 rings (SSSR count). The molecule has 1 amide bonds. The van der Waals surface area contributed by atoms with Gasteiger partial charge in [-0.25, -0.2) is 8.91 Å². The Balaban J connectivity index is 1.69. The zero-order valence-corrected chi connectivity index (χ0v) is 20.2. The van der Waals surface area contributed by atoms with Crippen molar-refractivity contribution < 1.29 is 19.0 Å². The van der Waals surface area contributed by atoms with Crippen LogP contribution in [0, 0.1) is 11.3 Å². The maximum atomic E-state index is 14.2. The molecule has 0 spiro atoms. The van der Waals surface area contributed by atoms with Crippen molar-refractivity contribution in [1.82, 2.24) is 19.9 Å². The van der Waals surface area contributed by atoms with E-state index in [0.717, 1.165) is 11.9 Å². The molecule has 0 bridgehead atoms. The fourth-order valence-corrected chi connectivity index (χ4v) is 4.00. The molecule has 3 aromatic heterocycles. The molecule has 3 N–H and O–H groups in total. The minimum absolute atomic E-state index is 0.0602. The maximum absolute atomic E-state index is 14.2. The number of aromatic nitrogens is 3. The molecular formula is C25H29FN6O3. The van der Waals surface area contributed by atoms with E-state index in [1.54, 1.807) is 16.6 Å². The highest BCUT2D eigenvalue weighted by Crippen LogP contribution is 2.31. The Labute approximate surface area is 202 Å². The van der Waals surface area contributed by atoms with Gasteiger partial charge in [-0.05, 0) is 58.4 Å². The van der Waals surface area contributed by atoms with Gasteiger partial charge in [0, 0.05) is 12.8 Å². The van der Waals surface area contributed by atoms with Gasteiger partial charge in [-0.2, -0.15) is 10.4 Å². The summed E-state index contributed by atoms with van der Waals surface area (Å²) in [6.45, 7) is 6.92. The van der Waals surface area contributed by atoms with Crippen molar-refractivity contribution in [2.75, 3.05) is 18.5 Å². The molecule has 0 aromatic carbocycles. The number of fused-ring (bicyclic) bond motifs is 1. The first-order valence-electron chi connectivity index (χ1n) is 11.4. The van der Waals surface area contributed by atoms with Gasteiger partial charge in [-0.1, -0.05) is 0 Å². The van der Waals surface area contributed by atoms with Crippen molar-refractivity contribution in [3.05, 3.63) is 47.8 Å². The lowest BCUT2D eigenvalue weighted by Gasteiger charge is -2.28. The predicted molar refractivity (Wildman–Crippen MR) is 129 cm³/mol. The second-order valence-electron chi connectivity index (χ2n) is 9.80. The Hall–Kier alpha value is -3.55. The van der Waals surface area contributed by atoms with Crippen molar-refractivity contribution in [3.63, 3.8) is 0 Å². The predicted octanol–water partition coefficient (Wildman–Crippen LogP) is 3.09. The number of carbonyl (C=O) groups is 1. The van der Waals surface area contributed by atoms with Gasteiger partial charge in [0.1, 0.15) is 12.2 Å². The molecule has 1 fully saturated rings. The molecule has 3 aromatic rings. The smallest absolute Gasteiger partial charge is 0.255 e. The summed E-state index contributed by atoms with van der Waals surface area (Å²) in [7, 11) is 0. The average molecular weight is 481 g/mol. The quantitative estimate of drug-likeness (QED) is 0.475. The number of hydrogen-bond donors (Lipinski definition) is 3. The topological polar surface area (TPSA) is 125 Å². The minimum atomic E-state index is -1.63. The summed E-state index contributed by atoms with van der Waals surface area (Å²) < 4.78 is 21.7. The van der Waals surface area contributed by atoms with E-state index in [1.165, 1.54) is 26.2 Å². The van der Waals surface area contributed by atoms with E-state index < -0.39 is 23.3 Å². The van der Waals surface area contributed by atoms with E-state index in [9.17, 15) is 14.3 Å². The minimum Gasteiger partial charge on any atom is -0.387 e. The molecule has 0 radical (unpaired) electrons. The van der Waals surface area contributed by atoms with E-state index >= 15 is 0 Å². The Kier molecular flexibility index (Phi) is 6.49. The number of pyridine rings is 1. The molecular weight excluding hydrogens is 451 g/mol. The number of carbonyl (C=O) groups excluding carboxylic acids is 1. The molecule has 0 saturated carbocycles. The van der Waals surface area contributed by atoms with Crippen LogP contribution in [0.25, 0.3) is 16.9 Å². The lowest BCUT2D eigenvalue weighted by molar-refractivity contribution is -0.00178. The van der Waals surface area contributed by atoms with Crippen LogP contribution in [-0.2, 0) is 4.74 Å². The first-order valence-corrected chi connectivity index (χ1v) is 11.4. The second kappa shape index (κ2) is 9.24. The normalized spacial score (nSPS) is 18.3. The molecule has 184 valence electrons. The van der Waals surface area contributed by atoms with Gasteiger partial charge in [0.25, 0.3) is 5.91 Å². The maximum Gasteiger partial charge on any atom is 0.255 e. The highest BCUT2D eigenvalue weighted by atomic mass is 19.1. The number of anilines is 1. The third-order valence-corrected chi connectivity index (χ3v) is 6.30. The summed E-state index contributed by atoms with van der Waals surface area (Å²) in [5, 5.41) is 29.3. The van der Waals surface area contributed by atoms with Crippen LogP contribution >= 0.6 is 0 Å². The summed E-state index contributed by atoms with van der Waals surface area (Å²) in [4.78, 5) is 17.5. The number of aliphatic hydroxyl groups is 1. The number of nitrogens with zero attached hydrogens (tertiary/aromatic N) is 4. The summed E-state index contributed by atoms with van der Waals surface area (Å²) in [6, 6.07) is 9.18. The second-order valence-corrected chi connectivity index (χ2v) is 9.80. The average Bonchev–Trinajstić information content (AvgIpc) is 3.38. The van der Waals surface area contributed by atoms with E-state index in [2.05, 4.69) is 26.8 Å². The van der Waals surface area contributed by atoms with Crippen molar-refractivity contribution in [3.8, 4) is 17.5 Å². The van der Waals surface area contributed by atoms with Crippen LogP contribution in [0.4, 0.5) is 10.1 Å². The first kappa shape index (κ1) is 24.6. The van der Waals surface area contributed by atoms with Crippen molar-refractivity contribution in [2.45, 2.75) is 57.5 Å². The zero-order valence-electron chi connectivity index (χ0n) is 20.2. The van der Waals surface area contributed by atoms with E-state index in [4.69, 9.17) is 10.00 Å². The highest BCUT2D eigenvalue weighted by Gasteiger charge is 2.36. The Morgan fingerprint density at radius 3 is 2.83 bits per heavy atom. The molecule has 1 unspecified atom stereocenters. The van der Waals surface area contributed by atoms with Crippen LogP contribution < -0.4 is 10.6 Å². The molecule has 9 nitrogen and oxygen atoms in total. The van der Waals surface area contributed by atoms with Gasteiger partial charge in [0.05, 0.1) is 63.7 Å². The SMILES string of the molecule is CC1(C)OCCC1Nc1cc(-c2ccc3cc(C#N)cnn23)ncc1C(=O)NC[C@@H](F)C(C)(C)O. The van der Waals surface area contributed by atoms with Crippen LogP contribution in [0.5, 0.6) is 0 Å². The fourth-order valence-electron chi connectivity index (χ4n) is 4.00. The number of amides is 1. The molecule has 4 heterocycles. The largest absolute Gasteiger partial charge is 0.387 e. The van der Waals surface area contributed by atoms with Gasteiger partial charge in [-0.15, -0.1) is 0 Å². The highest BCUT2D eigenvalue weighted by molar-refractivity contribution is 6.00. The standard InChI is InChI=1S/C25H29FN6O3/c1-24(2,34)21(26)14-29-23(33)17-13-28-19(10-18(17)31-22-7-8-35-25(22,3)4)20-6-5-16-9-15(11-27)12-30-32(16)20/h5-6,9-10,12-13,21-22,34H,7-8,14H2,1-4H3,(H,28,31)(H,29,33)/t21-,22?/m1/s1. The van der Waals surface area contributed by atoms with E-state index in [1.807, 2.05) is 26.0 Å². The van der Waals surface area contributed by atoms with Gasteiger partial charge in [-0.3, -0.25) is 9.78 Å². The molecule has 2 atom stereocenters. The summed E-state index contributed by atoms with van der Waals surface area (Å²) in [5.41, 5.74) is 1.20. The number of nitrogens with one attached hydrogen (secondary N) is 2. The van der Waals surface area contributed by atoms with Crippen LogP contribution in [0.1, 0.15) is 50.0 Å². The fraction of sp³-hybridized carbons (Fsp3) is 0.440. The summed E-state index contributed by atoms with van der Waals surface area (Å²) in [6.07, 6.45) is 2.04. The van der Waals surface area contributed by atoms with Crippen LogP contribution in [0.3, 0.4) is 0 Å². The number of hydrogen-bond acceptors (Lipinski definition) is 7. The molecule has 1 aliphatic rings. The Bertz CT molecular complexity index is 1290. The number of ether oxygens (including phenoxy) is 1. The molecule has 0 aliphatic carbocycles. The molecule has 35 heavy (non-hydrogen) atoms. The van der Waals surface area contributed by atoms with E-state index in [-0.39, 0.29) is 18.2 Å². The monoisotopic (exact) mass is 480 g/mol. The number of rotatable bonds is 7. The third kappa shape index (κ3) is 5.11. The Morgan fingerprint density at radius 1 is 1.40 bits per heavy atom. The molecule has 10 heteroatoms. The first-order chi connectivity index (χ1) is 16.5. The number of alkyl halides is 1. The van der Waals surface area contributed by atoms with Gasteiger partial charge >= 0.3 is 0 Å². The summed E-state index contributed by atoms with van der Waals surface area (Å²) in [5.74, 6) is -0.507. The summed E-state index contributed by atoms with van der Waals surface area (Å²) >= 11 is 0. The van der Waals surface area contributed by atoms with Gasteiger partial charge in [0.2, 0.25) is 0 Å². The zero-order chi connectivity index (χ0) is 25.4. The van der Waals surface area contributed by atoms with Gasteiger partial charge < -0.3 is 20.5 Å². The number of halogens is 1. The number of nitriles is 1. The molecule has 1 aliphatic heterocycles. The van der Waals surface area contributed by atoms with Crippen molar-refractivity contribution >= 4 is 17.1 Å². The lowest BCUT2D eigenvalue weighted by Crippen LogP contribution is -2.42. The lowest BCUT2D eigenvalue weighted by atomic mass is 9.98.